The lowest BCUT2D eigenvalue weighted by Gasteiger charge is -2.09. The van der Waals surface area contributed by atoms with E-state index in [0.717, 1.165) is 18.4 Å². The topological polar surface area (TPSA) is 37.8 Å². The number of anilines is 2. The molecule has 0 spiro atoms. The number of benzene rings is 1. The zero-order valence-corrected chi connectivity index (χ0v) is 11.6. The smallest absolute Gasteiger partial charge is 0.146 e. The summed E-state index contributed by atoms with van der Waals surface area (Å²) in [6.45, 7) is 3.88. The van der Waals surface area contributed by atoms with E-state index in [0.29, 0.717) is 22.5 Å². The Hall–Kier alpha value is -1.68. The van der Waals surface area contributed by atoms with Crippen molar-refractivity contribution in [2.75, 3.05) is 5.32 Å². The van der Waals surface area contributed by atoms with Gasteiger partial charge in [-0.15, -0.1) is 0 Å². The molecule has 1 heterocycles. The molecule has 100 valence electrons. The van der Waals surface area contributed by atoms with Gasteiger partial charge >= 0.3 is 0 Å². The van der Waals surface area contributed by atoms with Gasteiger partial charge in [-0.05, 0) is 31.0 Å². The number of aryl methyl sites for hydroxylation is 2. The summed E-state index contributed by atoms with van der Waals surface area (Å²) in [5, 5.41) is 3.28. The van der Waals surface area contributed by atoms with Crippen molar-refractivity contribution in [2.45, 2.75) is 26.7 Å². The minimum Gasteiger partial charge on any atom is -0.338 e. The van der Waals surface area contributed by atoms with Crippen LogP contribution in [0.15, 0.2) is 24.3 Å². The Morgan fingerprint density at radius 3 is 2.74 bits per heavy atom. The second-order valence-corrected chi connectivity index (χ2v) is 4.74. The van der Waals surface area contributed by atoms with E-state index in [1.807, 2.05) is 19.9 Å². The third kappa shape index (κ3) is 3.64. The molecule has 5 heteroatoms. The van der Waals surface area contributed by atoms with Gasteiger partial charge in [0.2, 0.25) is 0 Å². The van der Waals surface area contributed by atoms with Crippen LogP contribution in [-0.4, -0.2) is 9.97 Å². The van der Waals surface area contributed by atoms with Gasteiger partial charge in [0.15, 0.2) is 0 Å². The Labute approximate surface area is 116 Å². The van der Waals surface area contributed by atoms with Gasteiger partial charge in [-0.3, -0.25) is 0 Å². The molecule has 0 saturated heterocycles. The van der Waals surface area contributed by atoms with Crippen LogP contribution in [0.2, 0.25) is 5.15 Å². The summed E-state index contributed by atoms with van der Waals surface area (Å²) in [5.41, 5.74) is 1.25. The maximum atomic E-state index is 13.7. The van der Waals surface area contributed by atoms with E-state index in [1.54, 1.807) is 12.1 Å². The van der Waals surface area contributed by atoms with Gasteiger partial charge in [0, 0.05) is 12.5 Å². The Kier molecular flexibility index (Phi) is 4.32. The van der Waals surface area contributed by atoms with Crippen molar-refractivity contribution >= 4 is 23.1 Å². The van der Waals surface area contributed by atoms with Gasteiger partial charge in [-0.25, -0.2) is 14.4 Å². The maximum absolute atomic E-state index is 13.7. The van der Waals surface area contributed by atoms with Crippen molar-refractivity contribution in [1.29, 1.82) is 0 Å². The number of hydrogen-bond acceptors (Lipinski definition) is 3. The fourth-order valence-corrected chi connectivity index (χ4v) is 1.92. The number of aromatic nitrogens is 2. The third-order valence-corrected chi connectivity index (χ3v) is 2.80. The van der Waals surface area contributed by atoms with E-state index in [9.17, 15) is 4.39 Å². The van der Waals surface area contributed by atoms with Crippen LogP contribution in [-0.2, 0) is 6.42 Å². The molecular formula is C14H15ClFN3. The van der Waals surface area contributed by atoms with Gasteiger partial charge in [0.1, 0.15) is 22.6 Å². The first-order chi connectivity index (χ1) is 9.08. The standard InChI is InChI=1S/C14H15ClFN3/c1-3-4-13-18-12(15)8-14(19-13)17-11-6-5-9(2)7-10(11)16/h5-8H,3-4H2,1-2H3,(H,17,18,19). The lowest BCUT2D eigenvalue weighted by molar-refractivity contribution is 0.630. The zero-order valence-electron chi connectivity index (χ0n) is 10.9. The maximum Gasteiger partial charge on any atom is 0.146 e. The quantitative estimate of drug-likeness (QED) is 0.849. The molecule has 0 fully saturated rings. The number of hydrogen-bond donors (Lipinski definition) is 1. The largest absolute Gasteiger partial charge is 0.338 e. The molecule has 0 aliphatic heterocycles. The van der Waals surface area contributed by atoms with E-state index < -0.39 is 0 Å². The van der Waals surface area contributed by atoms with Crippen LogP contribution < -0.4 is 5.32 Å². The summed E-state index contributed by atoms with van der Waals surface area (Å²) in [7, 11) is 0. The Balaban J connectivity index is 2.27. The van der Waals surface area contributed by atoms with E-state index >= 15 is 0 Å². The minimum absolute atomic E-state index is 0.313. The summed E-state index contributed by atoms with van der Waals surface area (Å²) in [6.07, 6.45) is 1.67. The van der Waals surface area contributed by atoms with Crippen LogP contribution in [0.4, 0.5) is 15.9 Å². The molecule has 2 rings (SSSR count). The van der Waals surface area contributed by atoms with Gasteiger partial charge in [-0.1, -0.05) is 24.6 Å². The van der Waals surface area contributed by atoms with Crippen LogP contribution in [0.1, 0.15) is 24.7 Å². The first-order valence-electron chi connectivity index (χ1n) is 6.15. The molecule has 2 aromatic rings. The van der Waals surface area contributed by atoms with Crippen LogP contribution >= 0.6 is 11.6 Å². The fraction of sp³-hybridized carbons (Fsp3) is 0.286. The Morgan fingerprint density at radius 1 is 1.26 bits per heavy atom. The van der Waals surface area contributed by atoms with E-state index in [4.69, 9.17) is 11.6 Å². The second kappa shape index (κ2) is 5.97. The average Bonchev–Trinajstić information content (AvgIpc) is 2.32. The molecule has 19 heavy (non-hydrogen) atoms. The number of nitrogens with one attached hydrogen (secondary N) is 1. The van der Waals surface area contributed by atoms with Crippen molar-refractivity contribution in [2.24, 2.45) is 0 Å². The highest BCUT2D eigenvalue weighted by molar-refractivity contribution is 6.29. The summed E-state index contributed by atoms with van der Waals surface area (Å²) >= 11 is 5.93. The summed E-state index contributed by atoms with van der Waals surface area (Å²) in [5.74, 6) is 0.850. The van der Waals surface area contributed by atoms with Crippen molar-refractivity contribution < 1.29 is 4.39 Å². The number of halogens is 2. The first kappa shape index (κ1) is 13.7. The van der Waals surface area contributed by atoms with Crippen molar-refractivity contribution in [1.82, 2.24) is 9.97 Å². The normalized spacial score (nSPS) is 10.5. The van der Waals surface area contributed by atoms with Crippen LogP contribution in [0.25, 0.3) is 0 Å². The molecule has 0 bridgehead atoms. The molecule has 0 aliphatic rings. The fourth-order valence-electron chi connectivity index (χ4n) is 1.72. The molecular weight excluding hydrogens is 265 g/mol. The molecule has 1 aromatic heterocycles. The van der Waals surface area contributed by atoms with Crippen molar-refractivity contribution in [3.05, 3.63) is 46.6 Å². The first-order valence-corrected chi connectivity index (χ1v) is 6.53. The molecule has 1 aromatic carbocycles. The van der Waals surface area contributed by atoms with Crippen molar-refractivity contribution in [3.8, 4) is 0 Å². The summed E-state index contributed by atoms with van der Waals surface area (Å²) in [4.78, 5) is 8.43. The predicted octanol–water partition coefficient (Wildman–Crippen LogP) is 4.27. The summed E-state index contributed by atoms with van der Waals surface area (Å²) in [6, 6.07) is 6.57. The van der Waals surface area contributed by atoms with Gasteiger partial charge < -0.3 is 5.32 Å². The van der Waals surface area contributed by atoms with Crippen molar-refractivity contribution in [3.63, 3.8) is 0 Å². The highest BCUT2D eigenvalue weighted by Gasteiger charge is 2.06. The molecule has 0 unspecified atom stereocenters. The SMILES string of the molecule is CCCc1nc(Cl)cc(Nc2ccc(C)cc2F)n1. The predicted molar refractivity (Wildman–Crippen MR) is 75.5 cm³/mol. The highest BCUT2D eigenvalue weighted by atomic mass is 35.5. The molecule has 0 aliphatic carbocycles. The molecule has 1 N–H and O–H groups in total. The van der Waals surface area contributed by atoms with Gasteiger partial charge in [0.05, 0.1) is 5.69 Å². The zero-order chi connectivity index (χ0) is 13.8. The minimum atomic E-state index is -0.313. The lowest BCUT2D eigenvalue weighted by atomic mass is 10.2. The molecule has 3 nitrogen and oxygen atoms in total. The average molecular weight is 280 g/mol. The van der Waals surface area contributed by atoms with E-state index in [1.165, 1.54) is 6.07 Å². The van der Waals surface area contributed by atoms with Crippen LogP contribution in [0.5, 0.6) is 0 Å². The highest BCUT2D eigenvalue weighted by Crippen LogP contribution is 2.21. The molecule has 0 radical (unpaired) electrons. The van der Waals surface area contributed by atoms with Gasteiger partial charge in [-0.2, -0.15) is 0 Å². The molecule has 0 saturated carbocycles. The second-order valence-electron chi connectivity index (χ2n) is 4.35. The van der Waals surface area contributed by atoms with E-state index in [-0.39, 0.29) is 5.82 Å². The molecule has 0 amide bonds. The van der Waals surface area contributed by atoms with Crippen LogP contribution in [0.3, 0.4) is 0 Å². The Bertz CT molecular complexity index is 587. The number of nitrogens with zero attached hydrogens (tertiary/aromatic N) is 2. The third-order valence-electron chi connectivity index (χ3n) is 2.60. The van der Waals surface area contributed by atoms with Gasteiger partial charge in [0.25, 0.3) is 0 Å². The monoisotopic (exact) mass is 279 g/mol. The lowest BCUT2D eigenvalue weighted by Crippen LogP contribution is -2.01. The summed E-state index contributed by atoms with van der Waals surface area (Å²) < 4.78 is 13.7. The van der Waals surface area contributed by atoms with Crippen LogP contribution in [0, 0.1) is 12.7 Å². The van der Waals surface area contributed by atoms with E-state index in [2.05, 4.69) is 15.3 Å². The number of rotatable bonds is 4. The molecule has 0 atom stereocenters. The Morgan fingerprint density at radius 2 is 2.05 bits per heavy atom.